The summed E-state index contributed by atoms with van der Waals surface area (Å²) in [5, 5.41) is -0.653. The lowest BCUT2D eigenvalue weighted by atomic mass is 9.94. The summed E-state index contributed by atoms with van der Waals surface area (Å²) >= 11 is 1.13. The third-order valence-corrected chi connectivity index (χ3v) is 6.01. The molecule has 0 saturated carbocycles. The van der Waals surface area contributed by atoms with Crippen molar-refractivity contribution in [2.24, 2.45) is 5.92 Å². The Morgan fingerprint density at radius 3 is 2.18 bits per heavy atom. The molecule has 2 aliphatic rings. The number of halogens is 5. The number of hydrogen-bond acceptors (Lipinski definition) is 4. The normalized spacial score (nSPS) is 22.8. The van der Waals surface area contributed by atoms with E-state index in [2.05, 4.69) is 0 Å². The van der Waals surface area contributed by atoms with Gasteiger partial charge >= 0.3 is 6.18 Å². The minimum atomic E-state index is -4.45. The fourth-order valence-electron chi connectivity index (χ4n) is 3.30. The Labute approximate surface area is 161 Å². The first kappa shape index (κ1) is 19.5. The molecule has 0 aliphatic carbocycles. The molecule has 0 aromatic heterocycles. The summed E-state index contributed by atoms with van der Waals surface area (Å²) in [5.74, 6) is -1.98. The maximum absolute atomic E-state index is 14.6. The first-order valence-electron chi connectivity index (χ1n) is 8.52. The predicted molar refractivity (Wildman–Crippen MR) is 91.1 cm³/mol. The summed E-state index contributed by atoms with van der Waals surface area (Å²) in [6, 6.07) is 6.54. The van der Waals surface area contributed by atoms with E-state index in [9.17, 15) is 22.0 Å². The van der Waals surface area contributed by atoms with Gasteiger partial charge in [0.25, 0.3) is 0 Å². The van der Waals surface area contributed by atoms with E-state index in [1.165, 1.54) is 12.1 Å². The van der Waals surface area contributed by atoms with Crippen molar-refractivity contribution in [3.8, 4) is 5.75 Å². The molecule has 28 heavy (non-hydrogen) atoms. The van der Waals surface area contributed by atoms with Crippen molar-refractivity contribution < 1.29 is 36.2 Å². The molecule has 0 bridgehead atoms. The first-order valence-corrected chi connectivity index (χ1v) is 9.40. The molecule has 2 aromatic rings. The van der Waals surface area contributed by atoms with Crippen molar-refractivity contribution >= 4 is 11.8 Å². The average Bonchev–Trinajstić information content (AvgIpc) is 3.19. The van der Waals surface area contributed by atoms with Crippen LogP contribution in [-0.4, -0.2) is 26.1 Å². The second-order valence-corrected chi connectivity index (χ2v) is 7.63. The zero-order chi connectivity index (χ0) is 19.9. The molecule has 2 heterocycles. The molecule has 0 amide bonds. The molecule has 2 aromatic carbocycles. The van der Waals surface area contributed by atoms with Crippen LogP contribution in [0.2, 0.25) is 0 Å². The van der Waals surface area contributed by atoms with Gasteiger partial charge in [0.1, 0.15) is 5.82 Å². The van der Waals surface area contributed by atoms with Crippen LogP contribution in [0.3, 0.4) is 0 Å². The lowest BCUT2D eigenvalue weighted by molar-refractivity contribution is -0.137. The van der Waals surface area contributed by atoms with Crippen LogP contribution in [0.5, 0.6) is 5.75 Å². The quantitative estimate of drug-likeness (QED) is 0.641. The van der Waals surface area contributed by atoms with E-state index in [1.54, 1.807) is 0 Å². The Hall–Kier alpha value is -1.84. The SMILES string of the molecule is Fc1ccc(F)c2c1OC[C@@H](C1OCCO1)C2Sc1ccc(C(F)(F)F)cc1. The minimum absolute atomic E-state index is 0.0280. The first-order chi connectivity index (χ1) is 13.3. The van der Waals surface area contributed by atoms with Gasteiger partial charge in [-0.2, -0.15) is 13.2 Å². The van der Waals surface area contributed by atoms with Gasteiger partial charge in [0.2, 0.25) is 0 Å². The van der Waals surface area contributed by atoms with Crippen LogP contribution in [-0.2, 0) is 15.7 Å². The van der Waals surface area contributed by atoms with Gasteiger partial charge in [-0.3, -0.25) is 0 Å². The Kier molecular flexibility index (Phi) is 5.24. The minimum Gasteiger partial charge on any atom is -0.490 e. The van der Waals surface area contributed by atoms with E-state index in [0.29, 0.717) is 18.1 Å². The van der Waals surface area contributed by atoms with Crippen molar-refractivity contribution in [2.75, 3.05) is 19.8 Å². The number of alkyl halides is 3. The van der Waals surface area contributed by atoms with E-state index in [4.69, 9.17) is 14.2 Å². The molecular weight excluding hydrogens is 403 g/mol. The Balaban J connectivity index is 1.69. The lowest BCUT2D eigenvalue weighted by Gasteiger charge is -2.35. The van der Waals surface area contributed by atoms with Gasteiger partial charge < -0.3 is 14.2 Å². The summed E-state index contributed by atoms with van der Waals surface area (Å²) in [4.78, 5) is 0.484. The highest BCUT2D eigenvalue weighted by Gasteiger charge is 2.42. The Morgan fingerprint density at radius 2 is 1.54 bits per heavy atom. The monoisotopic (exact) mass is 418 g/mol. The highest BCUT2D eigenvalue weighted by atomic mass is 32.2. The number of ether oxygens (including phenoxy) is 3. The fourth-order valence-corrected chi connectivity index (χ4v) is 4.61. The van der Waals surface area contributed by atoms with Gasteiger partial charge in [-0.25, -0.2) is 8.78 Å². The second-order valence-electron chi connectivity index (χ2n) is 6.42. The standard InChI is InChI=1S/C19H15F5O3S/c20-13-5-6-14(21)16-15(13)17(12(9-27-16)18-25-7-8-26-18)28-11-3-1-10(2-4-11)19(22,23)24/h1-6,12,17-18H,7-9H2/t12-,17?/m1/s1. The average molecular weight is 418 g/mol. The largest absolute Gasteiger partial charge is 0.490 e. The predicted octanol–water partition coefficient (Wildman–Crippen LogP) is 5.20. The molecule has 150 valence electrons. The highest BCUT2D eigenvalue weighted by Crippen LogP contribution is 2.51. The van der Waals surface area contributed by atoms with E-state index in [1.807, 2.05) is 0 Å². The molecule has 3 nitrogen and oxygen atoms in total. The van der Waals surface area contributed by atoms with Crippen LogP contribution in [0.15, 0.2) is 41.3 Å². The van der Waals surface area contributed by atoms with Crippen LogP contribution in [0.25, 0.3) is 0 Å². The van der Waals surface area contributed by atoms with Crippen LogP contribution in [0, 0.1) is 17.6 Å². The molecule has 2 atom stereocenters. The Bertz CT molecular complexity index is 850. The van der Waals surface area contributed by atoms with Crippen molar-refractivity contribution in [1.82, 2.24) is 0 Å². The summed E-state index contributed by atoms with van der Waals surface area (Å²) in [5.41, 5.74) is -0.749. The smallest absolute Gasteiger partial charge is 0.416 e. The van der Waals surface area contributed by atoms with Crippen LogP contribution in [0.1, 0.15) is 16.4 Å². The van der Waals surface area contributed by atoms with Gasteiger partial charge in [0, 0.05) is 10.5 Å². The number of rotatable bonds is 3. The van der Waals surface area contributed by atoms with Crippen molar-refractivity contribution in [3.05, 3.63) is 59.2 Å². The fraction of sp³-hybridized carbons (Fsp3) is 0.368. The third-order valence-electron chi connectivity index (χ3n) is 4.63. The van der Waals surface area contributed by atoms with Crippen molar-refractivity contribution in [3.63, 3.8) is 0 Å². The molecular formula is C19H15F5O3S. The highest BCUT2D eigenvalue weighted by molar-refractivity contribution is 7.99. The van der Waals surface area contributed by atoms with E-state index in [-0.39, 0.29) is 17.9 Å². The van der Waals surface area contributed by atoms with Crippen LogP contribution in [0.4, 0.5) is 22.0 Å². The van der Waals surface area contributed by atoms with Crippen LogP contribution >= 0.6 is 11.8 Å². The summed E-state index contributed by atoms with van der Waals surface area (Å²) in [7, 11) is 0. The molecule has 0 spiro atoms. The van der Waals surface area contributed by atoms with E-state index in [0.717, 1.165) is 36.0 Å². The molecule has 0 radical (unpaired) electrons. The molecule has 1 saturated heterocycles. The molecule has 1 unspecified atom stereocenters. The van der Waals surface area contributed by atoms with E-state index < -0.39 is 40.8 Å². The van der Waals surface area contributed by atoms with Gasteiger partial charge in [-0.15, -0.1) is 11.8 Å². The summed E-state index contributed by atoms with van der Waals surface area (Å²) < 4.78 is 83.6. The number of hydrogen-bond donors (Lipinski definition) is 0. The van der Waals surface area contributed by atoms with Crippen LogP contribution < -0.4 is 4.74 Å². The lowest BCUT2D eigenvalue weighted by Crippen LogP contribution is -2.35. The number of benzene rings is 2. The number of fused-ring (bicyclic) bond motifs is 1. The summed E-state index contributed by atoms with van der Waals surface area (Å²) in [6.07, 6.45) is -5.11. The molecule has 9 heteroatoms. The van der Waals surface area contributed by atoms with Gasteiger partial charge in [-0.05, 0) is 36.4 Å². The zero-order valence-corrected chi connectivity index (χ0v) is 15.2. The second kappa shape index (κ2) is 7.53. The molecule has 1 fully saturated rings. The maximum Gasteiger partial charge on any atom is 0.416 e. The van der Waals surface area contributed by atoms with Crippen molar-refractivity contribution in [1.29, 1.82) is 0 Å². The zero-order valence-electron chi connectivity index (χ0n) is 14.3. The summed E-state index contributed by atoms with van der Waals surface area (Å²) in [6.45, 7) is 0.783. The van der Waals surface area contributed by atoms with E-state index >= 15 is 0 Å². The van der Waals surface area contributed by atoms with Gasteiger partial charge in [0.15, 0.2) is 17.9 Å². The third kappa shape index (κ3) is 3.70. The molecule has 2 aliphatic heterocycles. The van der Waals surface area contributed by atoms with Crippen molar-refractivity contribution in [2.45, 2.75) is 22.6 Å². The topological polar surface area (TPSA) is 27.7 Å². The number of thioether (sulfide) groups is 1. The molecule has 4 rings (SSSR count). The molecule has 0 N–H and O–H groups in total. The van der Waals surface area contributed by atoms with Gasteiger partial charge in [0.05, 0.1) is 36.6 Å². The van der Waals surface area contributed by atoms with Gasteiger partial charge in [-0.1, -0.05) is 0 Å². The Morgan fingerprint density at radius 1 is 0.893 bits per heavy atom. The maximum atomic E-state index is 14.6.